The molecule has 1 unspecified atom stereocenters. The highest BCUT2D eigenvalue weighted by atomic mass is 16.2. The summed E-state index contributed by atoms with van der Waals surface area (Å²) in [6.07, 6.45) is 6.75. The zero-order valence-corrected chi connectivity index (χ0v) is 11.8. The highest BCUT2D eigenvalue weighted by Gasteiger charge is 2.34. The molecule has 2 fully saturated rings. The SMILES string of the molecule is CNC(=O)C1CNCCN1C(=O)C1CCCCCC1. The zero-order chi connectivity index (χ0) is 13.7. The van der Waals surface area contributed by atoms with E-state index in [4.69, 9.17) is 0 Å². The third-order valence-electron chi connectivity index (χ3n) is 4.28. The van der Waals surface area contributed by atoms with E-state index in [0.717, 1.165) is 32.2 Å². The van der Waals surface area contributed by atoms with Crippen molar-refractivity contribution in [2.45, 2.75) is 44.6 Å². The first-order chi connectivity index (χ1) is 9.24. The number of hydrogen-bond donors (Lipinski definition) is 2. The van der Waals surface area contributed by atoms with Crippen LogP contribution in [0.3, 0.4) is 0 Å². The van der Waals surface area contributed by atoms with Gasteiger partial charge >= 0.3 is 0 Å². The van der Waals surface area contributed by atoms with Crippen LogP contribution in [-0.4, -0.2) is 49.4 Å². The van der Waals surface area contributed by atoms with Crippen molar-refractivity contribution < 1.29 is 9.59 Å². The number of nitrogens with one attached hydrogen (secondary N) is 2. The van der Waals surface area contributed by atoms with Gasteiger partial charge in [0.1, 0.15) is 6.04 Å². The van der Waals surface area contributed by atoms with Crippen LogP contribution in [0.5, 0.6) is 0 Å². The second kappa shape index (κ2) is 6.89. The molecule has 1 saturated carbocycles. The van der Waals surface area contributed by atoms with Gasteiger partial charge in [-0.25, -0.2) is 0 Å². The number of carbonyl (C=O) groups is 2. The summed E-state index contributed by atoms with van der Waals surface area (Å²) in [4.78, 5) is 26.3. The van der Waals surface area contributed by atoms with E-state index in [9.17, 15) is 9.59 Å². The summed E-state index contributed by atoms with van der Waals surface area (Å²) in [7, 11) is 1.63. The molecule has 1 aliphatic carbocycles. The Hall–Kier alpha value is -1.10. The number of likely N-dealkylation sites (N-methyl/N-ethyl adjacent to an activating group) is 1. The predicted octanol–water partition coefficient (Wildman–Crippen LogP) is 0.503. The average molecular weight is 267 g/mol. The molecule has 2 amide bonds. The van der Waals surface area contributed by atoms with Crippen molar-refractivity contribution in [2.75, 3.05) is 26.7 Å². The van der Waals surface area contributed by atoms with Crippen LogP contribution in [0.4, 0.5) is 0 Å². The molecule has 2 aliphatic rings. The lowest BCUT2D eigenvalue weighted by atomic mass is 9.97. The molecule has 19 heavy (non-hydrogen) atoms. The van der Waals surface area contributed by atoms with E-state index in [1.165, 1.54) is 12.8 Å². The van der Waals surface area contributed by atoms with Crippen molar-refractivity contribution in [3.63, 3.8) is 0 Å². The van der Waals surface area contributed by atoms with E-state index in [0.29, 0.717) is 13.1 Å². The predicted molar refractivity (Wildman–Crippen MR) is 73.6 cm³/mol. The molecule has 1 saturated heterocycles. The van der Waals surface area contributed by atoms with Crippen LogP contribution >= 0.6 is 0 Å². The first-order valence-corrected chi connectivity index (χ1v) is 7.47. The number of nitrogens with zero attached hydrogens (tertiary/aromatic N) is 1. The second-order valence-electron chi connectivity index (χ2n) is 5.55. The van der Waals surface area contributed by atoms with E-state index in [1.54, 1.807) is 11.9 Å². The Labute approximate surface area is 115 Å². The van der Waals surface area contributed by atoms with Crippen molar-refractivity contribution in [3.8, 4) is 0 Å². The Morgan fingerprint density at radius 2 is 1.84 bits per heavy atom. The van der Waals surface area contributed by atoms with Gasteiger partial charge in [-0.05, 0) is 12.8 Å². The van der Waals surface area contributed by atoms with Crippen LogP contribution in [0.1, 0.15) is 38.5 Å². The molecule has 1 atom stereocenters. The summed E-state index contributed by atoms with van der Waals surface area (Å²) >= 11 is 0. The van der Waals surface area contributed by atoms with Gasteiger partial charge in [-0.3, -0.25) is 9.59 Å². The number of carbonyl (C=O) groups excluding carboxylic acids is 2. The molecule has 0 bridgehead atoms. The third-order valence-corrected chi connectivity index (χ3v) is 4.28. The van der Waals surface area contributed by atoms with E-state index >= 15 is 0 Å². The van der Waals surface area contributed by atoms with Gasteiger partial charge < -0.3 is 15.5 Å². The first kappa shape index (κ1) is 14.3. The molecule has 2 N–H and O–H groups in total. The van der Waals surface area contributed by atoms with Gasteiger partial charge in [-0.15, -0.1) is 0 Å². The molecule has 0 radical (unpaired) electrons. The summed E-state index contributed by atoms with van der Waals surface area (Å²) in [6, 6.07) is -0.338. The average Bonchev–Trinajstić information content (AvgIpc) is 2.74. The van der Waals surface area contributed by atoms with Gasteiger partial charge in [0.05, 0.1) is 0 Å². The molecule has 5 nitrogen and oxygen atoms in total. The summed E-state index contributed by atoms with van der Waals surface area (Å²) < 4.78 is 0. The molecule has 0 aromatic carbocycles. The molecule has 0 aromatic heterocycles. The summed E-state index contributed by atoms with van der Waals surface area (Å²) in [6.45, 7) is 2.00. The van der Waals surface area contributed by atoms with Crippen molar-refractivity contribution in [1.29, 1.82) is 0 Å². The van der Waals surface area contributed by atoms with Gasteiger partial charge in [-0.2, -0.15) is 0 Å². The lowest BCUT2D eigenvalue weighted by Crippen LogP contribution is -2.60. The Balaban J connectivity index is 2.03. The van der Waals surface area contributed by atoms with Crippen LogP contribution in [-0.2, 0) is 9.59 Å². The zero-order valence-electron chi connectivity index (χ0n) is 11.8. The van der Waals surface area contributed by atoms with Gasteiger partial charge in [0.15, 0.2) is 0 Å². The molecule has 5 heteroatoms. The summed E-state index contributed by atoms with van der Waals surface area (Å²) in [5.41, 5.74) is 0. The van der Waals surface area contributed by atoms with E-state index in [1.807, 2.05) is 0 Å². The molecule has 108 valence electrons. The van der Waals surface area contributed by atoms with E-state index in [-0.39, 0.29) is 23.8 Å². The Morgan fingerprint density at radius 3 is 2.47 bits per heavy atom. The topological polar surface area (TPSA) is 61.4 Å². The lowest BCUT2D eigenvalue weighted by Gasteiger charge is -2.37. The Kier molecular flexibility index (Phi) is 5.19. The highest BCUT2D eigenvalue weighted by molar-refractivity contribution is 5.88. The van der Waals surface area contributed by atoms with Crippen LogP contribution in [0.2, 0.25) is 0 Å². The molecule has 2 rings (SSSR count). The summed E-state index contributed by atoms with van der Waals surface area (Å²) in [5.74, 6) is 0.263. The molecule has 1 aliphatic heterocycles. The molecule has 0 aromatic rings. The van der Waals surface area contributed by atoms with E-state index < -0.39 is 0 Å². The van der Waals surface area contributed by atoms with Gasteiger partial charge in [-0.1, -0.05) is 25.7 Å². The minimum Gasteiger partial charge on any atom is -0.357 e. The smallest absolute Gasteiger partial charge is 0.243 e. The molecular formula is C14H25N3O2. The van der Waals surface area contributed by atoms with E-state index in [2.05, 4.69) is 10.6 Å². The standard InChI is InChI=1S/C14H25N3O2/c1-15-13(18)12-10-16-8-9-17(12)14(19)11-6-4-2-3-5-7-11/h11-12,16H,2-10H2,1H3,(H,15,18). The van der Waals surface area contributed by atoms with Gasteiger partial charge in [0, 0.05) is 32.6 Å². The second-order valence-corrected chi connectivity index (χ2v) is 5.55. The fourth-order valence-corrected chi connectivity index (χ4v) is 3.13. The van der Waals surface area contributed by atoms with Crippen LogP contribution < -0.4 is 10.6 Å². The van der Waals surface area contributed by atoms with Crippen LogP contribution in [0.15, 0.2) is 0 Å². The maximum atomic E-state index is 12.7. The van der Waals surface area contributed by atoms with Crippen molar-refractivity contribution in [3.05, 3.63) is 0 Å². The number of amides is 2. The number of piperazine rings is 1. The minimum absolute atomic E-state index is 0.0610. The first-order valence-electron chi connectivity index (χ1n) is 7.47. The third kappa shape index (κ3) is 3.47. The fourth-order valence-electron chi connectivity index (χ4n) is 3.13. The number of hydrogen-bond acceptors (Lipinski definition) is 3. The molecular weight excluding hydrogens is 242 g/mol. The highest BCUT2D eigenvalue weighted by Crippen LogP contribution is 2.25. The molecule has 0 spiro atoms. The Bertz CT molecular complexity index is 325. The largest absolute Gasteiger partial charge is 0.357 e. The maximum Gasteiger partial charge on any atom is 0.243 e. The van der Waals surface area contributed by atoms with Crippen molar-refractivity contribution in [2.24, 2.45) is 5.92 Å². The maximum absolute atomic E-state index is 12.7. The monoisotopic (exact) mass is 267 g/mol. The molecule has 1 heterocycles. The number of rotatable bonds is 2. The van der Waals surface area contributed by atoms with Gasteiger partial charge in [0.25, 0.3) is 0 Å². The van der Waals surface area contributed by atoms with Crippen molar-refractivity contribution >= 4 is 11.8 Å². The van der Waals surface area contributed by atoms with Gasteiger partial charge in [0.2, 0.25) is 11.8 Å². The quantitative estimate of drug-likeness (QED) is 0.716. The summed E-state index contributed by atoms with van der Waals surface area (Å²) in [5, 5.41) is 5.86. The Morgan fingerprint density at radius 1 is 1.16 bits per heavy atom. The fraction of sp³-hybridized carbons (Fsp3) is 0.857. The van der Waals surface area contributed by atoms with Crippen LogP contribution in [0.25, 0.3) is 0 Å². The minimum atomic E-state index is -0.338. The van der Waals surface area contributed by atoms with Crippen LogP contribution in [0, 0.1) is 5.92 Å². The lowest BCUT2D eigenvalue weighted by molar-refractivity contribution is -0.144. The normalized spacial score (nSPS) is 25.7. The van der Waals surface area contributed by atoms with Crippen molar-refractivity contribution in [1.82, 2.24) is 15.5 Å².